The van der Waals surface area contributed by atoms with Crippen molar-refractivity contribution in [3.8, 4) is 0 Å². The number of carbonyl (C=O) groups is 1. The number of hydrogen-bond donors (Lipinski definition) is 0. The molecule has 0 fully saturated rings. The molecule has 0 radical (unpaired) electrons. The summed E-state index contributed by atoms with van der Waals surface area (Å²) in [5.74, 6) is -0.240. The van der Waals surface area contributed by atoms with Crippen molar-refractivity contribution in [2.75, 3.05) is 19.3 Å². The molecule has 0 spiro atoms. The molecular weight excluding hydrogens is 238 g/mol. The minimum absolute atomic E-state index is 0.0944. The van der Waals surface area contributed by atoms with Gasteiger partial charge in [-0.05, 0) is 26.0 Å². The van der Waals surface area contributed by atoms with E-state index >= 15 is 0 Å². The van der Waals surface area contributed by atoms with Crippen molar-refractivity contribution in [2.45, 2.75) is 18.7 Å². The number of sulfone groups is 1. The van der Waals surface area contributed by atoms with Gasteiger partial charge in [0.2, 0.25) is 0 Å². The zero-order chi connectivity index (χ0) is 13.1. The van der Waals surface area contributed by atoms with E-state index in [-0.39, 0.29) is 16.4 Å². The Morgan fingerprint density at radius 3 is 2.18 bits per heavy atom. The topological polar surface area (TPSA) is 54.5 Å². The summed E-state index contributed by atoms with van der Waals surface area (Å²) in [6, 6.07) is 6.31. The van der Waals surface area contributed by atoms with Gasteiger partial charge < -0.3 is 4.90 Å². The molecule has 0 aliphatic rings. The van der Waals surface area contributed by atoms with Crippen molar-refractivity contribution >= 4 is 15.7 Å². The monoisotopic (exact) mass is 255 g/mol. The van der Waals surface area contributed by atoms with Crippen LogP contribution in [0.2, 0.25) is 0 Å². The summed E-state index contributed by atoms with van der Waals surface area (Å²) in [7, 11) is -3.38. The van der Waals surface area contributed by atoms with Crippen LogP contribution in [-0.4, -0.2) is 38.6 Å². The molecule has 0 heterocycles. The Balaban J connectivity index is 3.28. The molecule has 0 saturated carbocycles. The first-order chi connectivity index (χ1) is 7.91. The average Bonchev–Trinajstić information content (AvgIpc) is 2.29. The maximum absolute atomic E-state index is 12.1. The quantitative estimate of drug-likeness (QED) is 0.820. The third-order valence-corrected chi connectivity index (χ3v) is 3.72. The zero-order valence-corrected chi connectivity index (χ0v) is 11.1. The van der Waals surface area contributed by atoms with Gasteiger partial charge in [-0.25, -0.2) is 8.42 Å². The van der Waals surface area contributed by atoms with E-state index < -0.39 is 9.84 Å². The van der Waals surface area contributed by atoms with Crippen LogP contribution in [0.25, 0.3) is 0 Å². The standard InChI is InChI=1S/C12H17NO3S/c1-4-13(5-2)12(14)10-8-6-7-9-11(10)17(3,15)16/h6-9H,4-5H2,1-3H3. The van der Waals surface area contributed by atoms with E-state index in [4.69, 9.17) is 0 Å². The first-order valence-corrected chi connectivity index (χ1v) is 7.39. The third kappa shape index (κ3) is 3.06. The van der Waals surface area contributed by atoms with Crippen LogP contribution in [0.15, 0.2) is 29.2 Å². The van der Waals surface area contributed by atoms with Crippen molar-refractivity contribution in [3.63, 3.8) is 0 Å². The van der Waals surface area contributed by atoms with Crippen LogP contribution in [0.3, 0.4) is 0 Å². The van der Waals surface area contributed by atoms with Gasteiger partial charge in [-0.1, -0.05) is 12.1 Å². The second-order valence-electron chi connectivity index (χ2n) is 3.75. The van der Waals surface area contributed by atoms with Gasteiger partial charge in [0, 0.05) is 19.3 Å². The highest BCUT2D eigenvalue weighted by atomic mass is 32.2. The van der Waals surface area contributed by atoms with Crippen LogP contribution in [0.4, 0.5) is 0 Å². The predicted octanol–water partition coefficient (Wildman–Crippen LogP) is 1.57. The molecule has 5 heteroatoms. The number of nitrogens with zero attached hydrogens (tertiary/aromatic N) is 1. The number of rotatable bonds is 4. The van der Waals surface area contributed by atoms with Crippen molar-refractivity contribution in [1.82, 2.24) is 4.90 Å². The Morgan fingerprint density at radius 1 is 1.18 bits per heavy atom. The van der Waals surface area contributed by atoms with E-state index in [0.29, 0.717) is 13.1 Å². The second kappa shape index (κ2) is 5.31. The molecule has 0 bridgehead atoms. The average molecular weight is 255 g/mol. The third-order valence-electron chi connectivity index (χ3n) is 2.57. The van der Waals surface area contributed by atoms with Gasteiger partial charge in [-0.3, -0.25) is 4.79 Å². The Morgan fingerprint density at radius 2 is 1.71 bits per heavy atom. The number of amides is 1. The smallest absolute Gasteiger partial charge is 0.255 e. The summed E-state index contributed by atoms with van der Waals surface area (Å²) in [5, 5.41) is 0. The van der Waals surface area contributed by atoms with E-state index in [0.717, 1.165) is 6.26 Å². The molecular formula is C12H17NO3S. The highest BCUT2D eigenvalue weighted by Gasteiger charge is 2.20. The lowest BCUT2D eigenvalue weighted by molar-refractivity contribution is 0.0769. The normalized spacial score (nSPS) is 11.2. The summed E-state index contributed by atoms with van der Waals surface area (Å²) in [5.41, 5.74) is 0.249. The molecule has 0 unspecified atom stereocenters. The van der Waals surface area contributed by atoms with Crippen LogP contribution in [0, 0.1) is 0 Å². The zero-order valence-electron chi connectivity index (χ0n) is 10.3. The molecule has 1 amide bonds. The van der Waals surface area contributed by atoms with Gasteiger partial charge in [-0.15, -0.1) is 0 Å². The van der Waals surface area contributed by atoms with Crippen LogP contribution in [-0.2, 0) is 9.84 Å². The fourth-order valence-corrected chi connectivity index (χ4v) is 2.53. The van der Waals surface area contributed by atoms with Crippen LogP contribution >= 0.6 is 0 Å². The summed E-state index contributed by atoms with van der Waals surface area (Å²) < 4.78 is 23.2. The largest absolute Gasteiger partial charge is 0.339 e. The lowest BCUT2D eigenvalue weighted by Gasteiger charge is -2.19. The van der Waals surface area contributed by atoms with Crippen LogP contribution < -0.4 is 0 Å². The number of hydrogen-bond acceptors (Lipinski definition) is 3. The van der Waals surface area contributed by atoms with Crippen LogP contribution in [0.5, 0.6) is 0 Å². The fraction of sp³-hybridized carbons (Fsp3) is 0.417. The lowest BCUT2D eigenvalue weighted by Crippen LogP contribution is -2.31. The second-order valence-corrected chi connectivity index (χ2v) is 5.73. The van der Waals surface area contributed by atoms with Gasteiger partial charge in [0.1, 0.15) is 0 Å². The molecule has 1 aromatic carbocycles. The van der Waals surface area contributed by atoms with E-state index in [1.165, 1.54) is 6.07 Å². The Kier molecular flexibility index (Phi) is 4.28. The van der Waals surface area contributed by atoms with Gasteiger partial charge in [0.05, 0.1) is 10.5 Å². The highest BCUT2D eigenvalue weighted by Crippen LogP contribution is 2.17. The predicted molar refractivity (Wildman–Crippen MR) is 66.8 cm³/mol. The maximum atomic E-state index is 12.1. The minimum atomic E-state index is -3.38. The van der Waals surface area contributed by atoms with Crippen LogP contribution in [0.1, 0.15) is 24.2 Å². The van der Waals surface area contributed by atoms with Crippen molar-refractivity contribution < 1.29 is 13.2 Å². The van der Waals surface area contributed by atoms with Gasteiger partial charge in [-0.2, -0.15) is 0 Å². The summed E-state index contributed by atoms with van der Waals surface area (Å²) in [6.07, 6.45) is 1.11. The fourth-order valence-electron chi connectivity index (χ4n) is 1.65. The Bertz CT molecular complexity index is 504. The van der Waals surface area contributed by atoms with Gasteiger partial charge in [0.15, 0.2) is 9.84 Å². The van der Waals surface area contributed by atoms with E-state index in [1.807, 2.05) is 13.8 Å². The molecule has 0 saturated heterocycles. The number of carbonyl (C=O) groups excluding carboxylic acids is 1. The molecule has 1 rings (SSSR count). The molecule has 0 atom stereocenters. The molecule has 0 N–H and O–H groups in total. The highest BCUT2D eigenvalue weighted by molar-refractivity contribution is 7.90. The molecule has 1 aromatic rings. The SMILES string of the molecule is CCN(CC)C(=O)c1ccccc1S(C)(=O)=O. The summed E-state index contributed by atoms with van der Waals surface area (Å²) in [6.45, 7) is 4.86. The lowest BCUT2D eigenvalue weighted by atomic mass is 10.2. The van der Waals surface area contributed by atoms with E-state index in [2.05, 4.69) is 0 Å². The first-order valence-electron chi connectivity index (χ1n) is 5.50. The molecule has 94 valence electrons. The van der Waals surface area contributed by atoms with E-state index in [1.54, 1.807) is 23.1 Å². The maximum Gasteiger partial charge on any atom is 0.255 e. The first kappa shape index (κ1) is 13.7. The summed E-state index contributed by atoms with van der Waals surface area (Å²) in [4.78, 5) is 13.8. The molecule has 0 aliphatic heterocycles. The Hall–Kier alpha value is -1.36. The summed E-state index contributed by atoms with van der Waals surface area (Å²) >= 11 is 0. The van der Waals surface area contributed by atoms with Crippen molar-refractivity contribution in [1.29, 1.82) is 0 Å². The van der Waals surface area contributed by atoms with Crippen molar-refractivity contribution in [2.24, 2.45) is 0 Å². The van der Waals surface area contributed by atoms with Gasteiger partial charge >= 0.3 is 0 Å². The number of benzene rings is 1. The minimum Gasteiger partial charge on any atom is -0.339 e. The molecule has 17 heavy (non-hydrogen) atoms. The van der Waals surface area contributed by atoms with Crippen molar-refractivity contribution in [3.05, 3.63) is 29.8 Å². The Labute approximate surface area is 102 Å². The molecule has 0 aromatic heterocycles. The van der Waals surface area contributed by atoms with E-state index in [9.17, 15) is 13.2 Å². The molecule has 4 nitrogen and oxygen atoms in total. The van der Waals surface area contributed by atoms with Gasteiger partial charge in [0.25, 0.3) is 5.91 Å². The molecule has 0 aliphatic carbocycles.